The van der Waals surface area contributed by atoms with Crippen LogP contribution >= 0.6 is 0 Å². The average Bonchev–Trinajstić information content (AvgIpc) is 2.80. The van der Waals surface area contributed by atoms with E-state index in [1.54, 1.807) is 6.07 Å². The molecule has 1 aromatic carbocycles. The molecule has 1 fully saturated rings. The van der Waals surface area contributed by atoms with Gasteiger partial charge in [-0.3, -0.25) is 4.79 Å². The first kappa shape index (κ1) is 11.5. The molecule has 3 N–H and O–H groups in total. The zero-order valence-electron chi connectivity index (χ0n) is 10.2. The smallest absolute Gasteiger partial charge is 0.257 e. The van der Waals surface area contributed by atoms with E-state index in [0.717, 1.165) is 18.7 Å². The Bertz CT molecular complexity index is 513. The molecule has 2 unspecified atom stereocenters. The fourth-order valence-corrected chi connectivity index (χ4v) is 2.60. The molecule has 3 rings (SSSR count). The van der Waals surface area contributed by atoms with E-state index in [4.69, 9.17) is 0 Å². The van der Waals surface area contributed by atoms with Gasteiger partial charge in [-0.1, -0.05) is 6.07 Å². The van der Waals surface area contributed by atoms with Crippen LogP contribution in [0, 0.1) is 0 Å². The second-order valence-corrected chi connectivity index (χ2v) is 5.33. The highest BCUT2D eigenvalue weighted by atomic mass is 16.3. The number of nitrogens with zero attached hydrogens (tertiary/aromatic N) is 1. The first-order valence-electron chi connectivity index (χ1n) is 6.06. The van der Waals surface area contributed by atoms with E-state index in [1.165, 1.54) is 0 Å². The van der Waals surface area contributed by atoms with Gasteiger partial charge >= 0.3 is 0 Å². The third kappa shape index (κ3) is 1.76. The maximum Gasteiger partial charge on any atom is 0.257 e. The average molecular weight is 248 g/mol. The predicted octanol–water partition coefficient (Wildman–Crippen LogP) is 0.633. The van der Waals surface area contributed by atoms with Crippen LogP contribution in [0.3, 0.4) is 0 Å². The minimum Gasteiger partial charge on any atom is -0.388 e. The molecule has 1 aromatic rings. The van der Waals surface area contributed by atoms with Crippen molar-refractivity contribution in [2.24, 2.45) is 0 Å². The summed E-state index contributed by atoms with van der Waals surface area (Å²) in [5, 5.41) is 22.2. The number of amides is 1. The molecule has 1 saturated heterocycles. The van der Waals surface area contributed by atoms with Gasteiger partial charge in [0.25, 0.3) is 5.91 Å². The van der Waals surface area contributed by atoms with Gasteiger partial charge in [0.15, 0.2) is 6.10 Å². The molecule has 18 heavy (non-hydrogen) atoms. The van der Waals surface area contributed by atoms with E-state index in [9.17, 15) is 15.0 Å². The van der Waals surface area contributed by atoms with Crippen LogP contribution in [-0.2, 0) is 4.79 Å². The van der Waals surface area contributed by atoms with Gasteiger partial charge in [0, 0.05) is 30.0 Å². The third-order valence-electron chi connectivity index (χ3n) is 3.65. The van der Waals surface area contributed by atoms with Crippen molar-refractivity contribution in [3.63, 3.8) is 0 Å². The summed E-state index contributed by atoms with van der Waals surface area (Å²) in [6, 6.07) is 5.49. The van der Waals surface area contributed by atoms with Gasteiger partial charge in [0.1, 0.15) is 0 Å². The zero-order chi connectivity index (χ0) is 12.9. The van der Waals surface area contributed by atoms with Gasteiger partial charge in [-0.25, -0.2) is 0 Å². The Balaban J connectivity index is 1.89. The lowest BCUT2D eigenvalue weighted by Gasteiger charge is -2.21. The number of aliphatic hydroxyl groups excluding tert-OH is 1. The topological polar surface area (TPSA) is 72.8 Å². The number of carbonyl (C=O) groups is 1. The number of benzene rings is 1. The van der Waals surface area contributed by atoms with Crippen molar-refractivity contribution >= 4 is 17.3 Å². The molecule has 2 heterocycles. The number of hydrogen-bond donors (Lipinski definition) is 3. The molecular formula is C13H16N2O3. The van der Waals surface area contributed by atoms with Crippen LogP contribution in [-0.4, -0.2) is 34.8 Å². The summed E-state index contributed by atoms with van der Waals surface area (Å²) in [6.07, 6.45) is -0.324. The predicted molar refractivity (Wildman–Crippen MR) is 67.5 cm³/mol. The quantitative estimate of drug-likeness (QED) is 0.681. The van der Waals surface area contributed by atoms with Crippen molar-refractivity contribution in [2.45, 2.75) is 25.0 Å². The first-order valence-corrected chi connectivity index (χ1v) is 6.06. The number of aliphatic hydroxyl groups is 2. The molecule has 0 aromatic heterocycles. The number of nitrogens with one attached hydrogen (secondary N) is 1. The molecule has 0 aliphatic carbocycles. The van der Waals surface area contributed by atoms with Crippen LogP contribution in [0.15, 0.2) is 18.2 Å². The fourth-order valence-electron chi connectivity index (χ4n) is 2.60. The number of anilines is 2. The number of β-amino-alcohol motifs (C(OH)–C–C–N with tert-alkyl or cyclic N) is 1. The van der Waals surface area contributed by atoms with E-state index < -0.39 is 11.7 Å². The third-order valence-corrected chi connectivity index (χ3v) is 3.65. The lowest BCUT2D eigenvalue weighted by Crippen LogP contribution is -2.29. The lowest BCUT2D eigenvalue weighted by molar-refractivity contribution is -0.123. The highest BCUT2D eigenvalue weighted by Crippen LogP contribution is 2.35. The number of fused-ring (bicyclic) bond motifs is 1. The standard InChI is InChI=1S/C13H16N2O3/c1-13(18)4-5-15(7-13)8-2-3-9-10(6-8)14-12(17)11(9)16/h2-3,6,11,16,18H,4-5,7H2,1H3,(H,14,17). The Morgan fingerprint density at radius 3 is 2.94 bits per heavy atom. The summed E-state index contributed by atoms with van der Waals surface area (Å²) in [6.45, 7) is 3.20. The number of carbonyl (C=O) groups excluding carboxylic acids is 1. The molecule has 0 saturated carbocycles. The molecular weight excluding hydrogens is 232 g/mol. The zero-order valence-corrected chi connectivity index (χ0v) is 10.2. The Labute approximate surface area is 105 Å². The van der Waals surface area contributed by atoms with Crippen LogP contribution in [0.4, 0.5) is 11.4 Å². The molecule has 5 nitrogen and oxygen atoms in total. The van der Waals surface area contributed by atoms with Gasteiger partial charge in [-0.05, 0) is 25.5 Å². The Morgan fingerprint density at radius 1 is 1.50 bits per heavy atom. The second kappa shape index (κ2) is 3.70. The van der Waals surface area contributed by atoms with Crippen molar-refractivity contribution in [3.8, 4) is 0 Å². The molecule has 0 radical (unpaired) electrons. The summed E-state index contributed by atoms with van der Waals surface area (Å²) in [4.78, 5) is 13.4. The molecule has 0 spiro atoms. The molecule has 96 valence electrons. The summed E-state index contributed by atoms with van der Waals surface area (Å²) in [5.41, 5.74) is 1.59. The largest absolute Gasteiger partial charge is 0.388 e. The van der Waals surface area contributed by atoms with Crippen molar-refractivity contribution in [3.05, 3.63) is 23.8 Å². The van der Waals surface area contributed by atoms with Crippen molar-refractivity contribution in [2.75, 3.05) is 23.3 Å². The molecule has 2 atom stereocenters. The maximum atomic E-state index is 11.4. The van der Waals surface area contributed by atoms with Crippen molar-refractivity contribution in [1.29, 1.82) is 0 Å². The Hall–Kier alpha value is -1.59. The van der Waals surface area contributed by atoms with Crippen LogP contribution in [0.1, 0.15) is 25.0 Å². The highest BCUT2D eigenvalue weighted by molar-refractivity contribution is 6.02. The van der Waals surface area contributed by atoms with Crippen molar-refractivity contribution in [1.82, 2.24) is 0 Å². The van der Waals surface area contributed by atoms with E-state index in [2.05, 4.69) is 10.2 Å². The SMILES string of the molecule is CC1(O)CCN(c2ccc3c(c2)NC(=O)C3O)C1. The van der Waals surface area contributed by atoms with Gasteiger partial charge < -0.3 is 20.4 Å². The van der Waals surface area contributed by atoms with E-state index in [0.29, 0.717) is 17.8 Å². The lowest BCUT2D eigenvalue weighted by atomic mass is 10.1. The van der Waals surface area contributed by atoms with Crippen LogP contribution < -0.4 is 10.2 Å². The molecule has 5 heteroatoms. The summed E-state index contributed by atoms with van der Waals surface area (Å²) < 4.78 is 0. The van der Waals surface area contributed by atoms with Crippen LogP contribution in [0.2, 0.25) is 0 Å². The highest BCUT2D eigenvalue weighted by Gasteiger charge is 2.33. The first-order chi connectivity index (χ1) is 8.46. The van der Waals surface area contributed by atoms with Gasteiger partial charge in [-0.2, -0.15) is 0 Å². The summed E-state index contributed by atoms with van der Waals surface area (Å²) >= 11 is 0. The monoisotopic (exact) mass is 248 g/mol. The minimum atomic E-state index is -1.06. The summed E-state index contributed by atoms with van der Waals surface area (Å²) in [5.74, 6) is -0.379. The molecule has 2 aliphatic rings. The molecule has 1 amide bonds. The minimum absolute atomic E-state index is 0.379. The van der Waals surface area contributed by atoms with E-state index >= 15 is 0 Å². The van der Waals surface area contributed by atoms with E-state index in [-0.39, 0.29) is 5.91 Å². The normalized spacial score (nSPS) is 30.5. The Morgan fingerprint density at radius 2 is 2.28 bits per heavy atom. The van der Waals surface area contributed by atoms with Gasteiger partial charge in [0.05, 0.1) is 5.60 Å². The van der Waals surface area contributed by atoms with Crippen LogP contribution in [0.5, 0.6) is 0 Å². The van der Waals surface area contributed by atoms with E-state index in [1.807, 2.05) is 19.1 Å². The van der Waals surface area contributed by atoms with Gasteiger partial charge in [-0.15, -0.1) is 0 Å². The molecule has 2 aliphatic heterocycles. The van der Waals surface area contributed by atoms with Crippen molar-refractivity contribution < 1.29 is 15.0 Å². The van der Waals surface area contributed by atoms with Crippen LogP contribution in [0.25, 0.3) is 0 Å². The second-order valence-electron chi connectivity index (χ2n) is 5.33. The number of rotatable bonds is 1. The summed E-state index contributed by atoms with van der Waals surface area (Å²) in [7, 11) is 0. The Kier molecular flexibility index (Phi) is 2.36. The van der Waals surface area contributed by atoms with Gasteiger partial charge in [0.2, 0.25) is 0 Å². The molecule has 0 bridgehead atoms. The maximum absolute atomic E-state index is 11.4. The number of hydrogen-bond acceptors (Lipinski definition) is 4. The fraction of sp³-hybridized carbons (Fsp3) is 0.462.